The minimum Gasteiger partial charge on any atom is -0.378 e. The fourth-order valence-corrected chi connectivity index (χ4v) is 2.07. The minimum atomic E-state index is -0.171. The highest BCUT2D eigenvalue weighted by atomic mass is 16.1. The topological polar surface area (TPSA) is 73.9 Å². The van der Waals surface area contributed by atoms with Gasteiger partial charge in [-0.1, -0.05) is 6.07 Å². The summed E-state index contributed by atoms with van der Waals surface area (Å²) < 4.78 is 0. The first-order valence-electron chi connectivity index (χ1n) is 6.53. The lowest BCUT2D eigenvalue weighted by atomic mass is 10.1. The number of carbonyl (C=O) groups excluding carboxylic acids is 1. The molecule has 106 valence electrons. The number of hydrogen-bond acceptors (Lipinski definition) is 4. The van der Waals surface area contributed by atoms with E-state index in [1.807, 2.05) is 43.3 Å². The summed E-state index contributed by atoms with van der Waals surface area (Å²) >= 11 is 0. The Morgan fingerprint density at radius 3 is 2.57 bits per heavy atom. The van der Waals surface area contributed by atoms with E-state index in [9.17, 15) is 4.79 Å². The molecule has 0 saturated carbocycles. The number of nitrogens with one attached hydrogen (secondary N) is 2. The van der Waals surface area contributed by atoms with E-state index in [4.69, 9.17) is 0 Å². The zero-order valence-electron chi connectivity index (χ0n) is 11.8. The van der Waals surface area contributed by atoms with Gasteiger partial charge in [-0.3, -0.25) is 4.79 Å². The van der Waals surface area contributed by atoms with Crippen molar-refractivity contribution in [3.05, 3.63) is 48.0 Å². The van der Waals surface area contributed by atoms with Crippen molar-refractivity contribution < 1.29 is 4.79 Å². The van der Waals surface area contributed by atoms with Crippen LogP contribution in [0.1, 0.15) is 10.4 Å². The largest absolute Gasteiger partial charge is 0.378 e. The average molecular weight is 281 g/mol. The number of aromatic amines is 1. The number of benzene rings is 2. The fraction of sp³-hybridized carbons (Fsp3) is 0.133. The quantitative estimate of drug-likeness (QED) is 0.772. The van der Waals surface area contributed by atoms with Crippen LogP contribution in [-0.2, 0) is 0 Å². The molecule has 0 atom stereocenters. The van der Waals surface area contributed by atoms with Crippen LogP contribution in [0, 0.1) is 0 Å². The van der Waals surface area contributed by atoms with Gasteiger partial charge in [-0.05, 0) is 36.4 Å². The number of anilines is 2. The van der Waals surface area contributed by atoms with Crippen molar-refractivity contribution in [2.75, 3.05) is 24.3 Å². The first-order chi connectivity index (χ1) is 10.1. The molecule has 6 heteroatoms. The maximum absolute atomic E-state index is 12.3. The number of nitrogens with zero attached hydrogens (tertiary/aromatic N) is 3. The summed E-state index contributed by atoms with van der Waals surface area (Å²) in [7, 11) is 3.92. The third kappa shape index (κ3) is 2.55. The summed E-state index contributed by atoms with van der Waals surface area (Å²) in [6.07, 6.45) is 0. The van der Waals surface area contributed by atoms with Crippen LogP contribution in [0.4, 0.5) is 11.4 Å². The maximum atomic E-state index is 12.3. The van der Waals surface area contributed by atoms with E-state index in [2.05, 4.69) is 20.7 Å². The maximum Gasteiger partial charge on any atom is 0.255 e. The molecule has 0 aliphatic rings. The van der Waals surface area contributed by atoms with Crippen molar-refractivity contribution in [2.24, 2.45) is 0 Å². The molecule has 0 bridgehead atoms. The van der Waals surface area contributed by atoms with Crippen LogP contribution < -0.4 is 10.2 Å². The third-order valence-electron chi connectivity index (χ3n) is 3.24. The molecule has 2 aromatic carbocycles. The minimum absolute atomic E-state index is 0.171. The van der Waals surface area contributed by atoms with Crippen molar-refractivity contribution >= 4 is 28.3 Å². The Kier molecular flexibility index (Phi) is 3.27. The summed E-state index contributed by atoms with van der Waals surface area (Å²) in [6.45, 7) is 0. The Balaban J connectivity index is 1.84. The molecule has 0 aliphatic carbocycles. The second-order valence-corrected chi connectivity index (χ2v) is 4.89. The number of fused-ring (bicyclic) bond motifs is 1. The highest BCUT2D eigenvalue weighted by molar-refractivity contribution is 6.07. The number of hydrogen-bond donors (Lipinski definition) is 2. The summed E-state index contributed by atoms with van der Waals surface area (Å²) in [5.74, 6) is -0.171. The second kappa shape index (κ2) is 5.24. The lowest BCUT2D eigenvalue weighted by molar-refractivity contribution is 0.102. The smallest absolute Gasteiger partial charge is 0.255 e. The Hall–Kier alpha value is -2.89. The van der Waals surface area contributed by atoms with Crippen molar-refractivity contribution in [3.8, 4) is 0 Å². The Morgan fingerprint density at radius 2 is 1.86 bits per heavy atom. The zero-order chi connectivity index (χ0) is 14.8. The van der Waals surface area contributed by atoms with E-state index in [0.717, 1.165) is 11.2 Å². The monoisotopic (exact) mass is 281 g/mol. The summed E-state index contributed by atoms with van der Waals surface area (Å²) in [6, 6.07) is 12.9. The summed E-state index contributed by atoms with van der Waals surface area (Å²) in [4.78, 5) is 14.3. The van der Waals surface area contributed by atoms with Gasteiger partial charge in [0.25, 0.3) is 5.91 Å². The van der Waals surface area contributed by atoms with Gasteiger partial charge in [0.2, 0.25) is 0 Å². The number of carbonyl (C=O) groups is 1. The number of rotatable bonds is 3. The molecule has 3 aromatic rings. The predicted octanol–water partition coefficient (Wildman–Crippen LogP) is 2.28. The molecule has 6 nitrogen and oxygen atoms in total. The number of amides is 1. The van der Waals surface area contributed by atoms with Crippen LogP contribution in [0.2, 0.25) is 0 Å². The van der Waals surface area contributed by atoms with E-state index in [1.54, 1.807) is 18.2 Å². The average Bonchev–Trinajstić information content (AvgIpc) is 2.97. The first kappa shape index (κ1) is 13.1. The standard InChI is InChI=1S/C15H15N5O/c1-20(2)11-8-6-10(7-9-11)15(21)16-12-4-3-5-13-14(12)18-19-17-13/h3-9H,1-2H3,(H,16,21)(H,17,18,19). The lowest BCUT2D eigenvalue weighted by Gasteiger charge is -2.12. The van der Waals surface area contributed by atoms with Crippen LogP contribution in [0.5, 0.6) is 0 Å². The molecule has 2 N–H and O–H groups in total. The molecule has 0 radical (unpaired) electrons. The molecular weight excluding hydrogens is 266 g/mol. The number of para-hydroxylation sites is 1. The van der Waals surface area contributed by atoms with E-state index in [0.29, 0.717) is 16.8 Å². The van der Waals surface area contributed by atoms with Gasteiger partial charge in [0.05, 0.1) is 5.69 Å². The Morgan fingerprint density at radius 1 is 1.10 bits per heavy atom. The molecule has 0 saturated heterocycles. The molecule has 0 spiro atoms. The van der Waals surface area contributed by atoms with Gasteiger partial charge >= 0.3 is 0 Å². The van der Waals surface area contributed by atoms with E-state index >= 15 is 0 Å². The molecule has 1 amide bonds. The van der Waals surface area contributed by atoms with Crippen molar-refractivity contribution in [1.82, 2.24) is 15.4 Å². The van der Waals surface area contributed by atoms with Crippen molar-refractivity contribution in [2.45, 2.75) is 0 Å². The molecule has 0 unspecified atom stereocenters. The van der Waals surface area contributed by atoms with Gasteiger partial charge in [-0.15, -0.1) is 0 Å². The van der Waals surface area contributed by atoms with Gasteiger partial charge in [-0.25, -0.2) is 0 Å². The normalized spacial score (nSPS) is 10.6. The van der Waals surface area contributed by atoms with Crippen molar-refractivity contribution in [3.63, 3.8) is 0 Å². The summed E-state index contributed by atoms with van der Waals surface area (Å²) in [5, 5.41) is 13.5. The van der Waals surface area contributed by atoms with Gasteiger partial charge in [-0.2, -0.15) is 15.4 Å². The van der Waals surface area contributed by atoms with E-state index < -0.39 is 0 Å². The first-order valence-corrected chi connectivity index (χ1v) is 6.53. The molecule has 0 aliphatic heterocycles. The van der Waals surface area contributed by atoms with Gasteiger partial charge < -0.3 is 10.2 Å². The van der Waals surface area contributed by atoms with E-state index in [-0.39, 0.29) is 5.91 Å². The Bertz CT molecular complexity index is 776. The molecule has 1 heterocycles. The number of aromatic nitrogens is 3. The summed E-state index contributed by atoms with van der Waals surface area (Å²) in [5.41, 5.74) is 3.65. The van der Waals surface area contributed by atoms with Crippen molar-refractivity contribution in [1.29, 1.82) is 0 Å². The zero-order valence-corrected chi connectivity index (χ0v) is 11.8. The highest BCUT2D eigenvalue weighted by Crippen LogP contribution is 2.20. The van der Waals surface area contributed by atoms with Gasteiger partial charge in [0, 0.05) is 25.3 Å². The molecule has 1 aromatic heterocycles. The van der Waals surface area contributed by atoms with Gasteiger partial charge in [0.1, 0.15) is 11.0 Å². The Labute approximate surface area is 121 Å². The molecular formula is C15H15N5O. The third-order valence-corrected chi connectivity index (χ3v) is 3.24. The van der Waals surface area contributed by atoms with Crippen LogP contribution in [-0.4, -0.2) is 35.4 Å². The number of H-pyrrole nitrogens is 1. The van der Waals surface area contributed by atoms with Gasteiger partial charge in [0.15, 0.2) is 0 Å². The molecule has 3 rings (SSSR count). The van der Waals surface area contributed by atoms with Crippen LogP contribution >= 0.6 is 0 Å². The van der Waals surface area contributed by atoms with E-state index in [1.165, 1.54) is 0 Å². The highest BCUT2D eigenvalue weighted by Gasteiger charge is 2.10. The molecule has 0 fully saturated rings. The SMILES string of the molecule is CN(C)c1ccc(C(=O)Nc2cccc3n[nH]nc23)cc1. The van der Waals surface area contributed by atoms with Crippen LogP contribution in [0.15, 0.2) is 42.5 Å². The second-order valence-electron chi connectivity index (χ2n) is 4.89. The lowest BCUT2D eigenvalue weighted by Crippen LogP contribution is -2.13. The van der Waals surface area contributed by atoms with Crippen LogP contribution in [0.3, 0.4) is 0 Å². The molecule has 21 heavy (non-hydrogen) atoms. The van der Waals surface area contributed by atoms with Crippen LogP contribution in [0.25, 0.3) is 11.0 Å². The fourth-order valence-electron chi connectivity index (χ4n) is 2.07. The predicted molar refractivity (Wildman–Crippen MR) is 82.6 cm³/mol.